The van der Waals surface area contributed by atoms with E-state index in [4.69, 9.17) is 10.4 Å². The molecule has 1 unspecified atom stereocenters. The molecule has 3 N–H and O–H groups in total. The molecule has 4 aromatic rings. The number of rotatable bonds is 10. The lowest BCUT2D eigenvalue weighted by atomic mass is 10.0. The van der Waals surface area contributed by atoms with Crippen LogP contribution in [0.2, 0.25) is 0 Å². The second-order valence-electron chi connectivity index (χ2n) is 8.35. The number of halogens is 1. The van der Waals surface area contributed by atoms with Gasteiger partial charge in [-0.05, 0) is 55.2 Å². The number of hydrogen-bond donors (Lipinski definition) is 3. The van der Waals surface area contributed by atoms with Crippen LogP contribution in [0.25, 0.3) is 22.2 Å². The lowest BCUT2D eigenvalue weighted by Gasteiger charge is -2.20. The van der Waals surface area contributed by atoms with Crippen molar-refractivity contribution >= 4 is 22.8 Å². The Bertz CT molecular complexity index is 1280. The van der Waals surface area contributed by atoms with Crippen molar-refractivity contribution in [1.82, 2.24) is 20.2 Å². The van der Waals surface area contributed by atoms with Crippen molar-refractivity contribution in [2.24, 2.45) is 0 Å². The van der Waals surface area contributed by atoms with Crippen LogP contribution < -0.4 is 10.6 Å². The molecule has 1 amide bonds. The second-order valence-corrected chi connectivity index (χ2v) is 8.35. The fourth-order valence-electron chi connectivity index (χ4n) is 4.24. The Labute approximate surface area is 204 Å². The average molecular weight is 472 g/mol. The van der Waals surface area contributed by atoms with Crippen molar-refractivity contribution < 1.29 is 9.18 Å². The average Bonchev–Trinajstić information content (AvgIpc) is 3.29. The molecule has 180 valence electrons. The van der Waals surface area contributed by atoms with Gasteiger partial charge in [0, 0.05) is 18.7 Å². The molecule has 0 bridgehead atoms. The van der Waals surface area contributed by atoms with Gasteiger partial charge < -0.3 is 15.2 Å². The Hall–Kier alpha value is -4.00. The Kier molecular flexibility index (Phi) is 7.88. The van der Waals surface area contributed by atoms with E-state index in [2.05, 4.69) is 22.1 Å². The third-order valence-electron chi connectivity index (χ3n) is 6.01. The fourth-order valence-corrected chi connectivity index (χ4v) is 4.24. The maximum atomic E-state index is 13.2. The van der Waals surface area contributed by atoms with Gasteiger partial charge in [-0.15, -0.1) is 0 Å². The fraction of sp³-hybridized carbons (Fsp3) is 0.250. The summed E-state index contributed by atoms with van der Waals surface area (Å²) in [6.07, 6.45) is 1.25. The molecule has 0 saturated heterocycles. The summed E-state index contributed by atoms with van der Waals surface area (Å²) in [5.41, 5.74) is 4.63. The number of aromatic nitrogens is 2. The third-order valence-corrected chi connectivity index (χ3v) is 6.01. The number of benzene rings is 3. The molecule has 0 radical (unpaired) electrons. The topological polar surface area (TPSA) is 82.8 Å². The van der Waals surface area contributed by atoms with Gasteiger partial charge in [0.05, 0.1) is 17.1 Å². The first kappa shape index (κ1) is 24.1. The van der Waals surface area contributed by atoms with E-state index < -0.39 is 6.67 Å². The molecule has 0 fully saturated rings. The predicted molar refractivity (Wildman–Crippen MR) is 138 cm³/mol. The molecular weight excluding hydrogens is 441 g/mol. The predicted octanol–water partition coefficient (Wildman–Crippen LogP) is 5.51. The van der Waals surface area contributed by atoms with E-state index in [0.717, 1.165) is 34.5 Å². The number of hydrogen-bond acceptors (Lipinski definition) is 3. The molecule has 1 heterocycles. The number of para-hydroxylation sites is 2. The minimum atomic E-state index is -0.815. The number of alkyl halides is 1. The number of imidazole rings is 1. The maximum Gasteiger partial charge on any atom is 0.251 e. The smallest absolute Gasteiger partial charge is 0.251 e. The molecule has 6 nitrogen and oxygen atoms in total. The Morgan fingerprint density at radius 1 is 1.00 bits per heavy atom. The van der Waals surface area contributed by atoms with Gasteiger partial charge in [0.25, 0.3) is 5.91 Å². The minimum absolute atomic E-state index is 0.134. The van der Waals surface area contributed by atoms with E-state index in [-0.39, 0.29) is 17.8 Å². The highest BCUT2D eigenvalue weighted by Gasteiger charge is 2.22. The van der Waals surface area contributed by atoms with Crippen LogP contribution >= 0.6 is 0 Å². The van der Waals surface area contributed by atoms with Gasteiger partial charge in [0.1, 0.15) is 18.3 Å². The number of carbonyl (C=O) groups excluding carboxylic acids is 1. The summed E-state index contributed by atoms with van der Waals surface area (Å²) in [6.45, 7) is 2.42. The van der Waals surface area contributed by atoms with E-state index >= 15 is 0 Å². The second kappa shape index (κ2) is 11.4. The van der Waals surface area contributed by atoms with Crippen molar-refractivity contribution in [2.45, 2.75) is 32.4 Å². The lowest BCUT2D eigenvalue weighted by Crippen LogP contribution is -2.32. The summed E-state index contributed by atoms with van der Waals surface area (Å²) in [5.74, 6) is 0.488. The maximum absolute atomic E-state index is 13.2. The highest BCUT2D eigenvalue weighted by molar-refractivity contribution is 5.95. The normalized spacial score (nSPS) is 11.8. The van der Waals surface area contributed by atoms with E-state index in [9.17, 15) is 9.18 Å². The van der Waals surface area contributed by atoms with Crippen molar-refractivity contribution in [2.75, 3.05) is 13.2 Å². The van der Waals surface area contributed by atoms with Gasteiger partial charge in [0.15, 0.2) is 0 Å². The summed E-state index contributed by atoms with van der Waals surface area (Å²) >= 11 is 0. The number of fused-ring (bicyclic) bond motifs is 1. The van der Waals surface area contributed by atoms with Crippen LogP contribution in [0.3, 0.4) is 0 Å². The first-order chi connectivity index (χ1) is 17.1. The Morgan fingerprint density at radius 2 is 1.69 bits per heavy atom. The summed E-state index contributed by atoms with van der Waals surface area (Å²) < 4.78 is 14.7. The molecule has 0 aliphatic rings. The summed E-state index contributed by atoms with van der Waals surface area (Å²) in [7, 11) is 0. The number of nitrogens with zero attached hydrogens (tertiary/aromatic N) is 2. The van der Waals surface area contributed by atoms with Crippen LogP contribution in [0.15, 0.2) is 78.9 Å². The van der Waals surface area contributed by atoms with Gasteiger partial charge in [-0.25, -0.2) is 9.37 Å². The van der Waals surface area contributed by atoms with Crippen molar-refractivity contribution in [3.05, 3.63) is 90.3 Å². The monoisotopic (exact) mass is 471 g/mol. The van der Waals surface area contributed by atoms with E-state index in [1.54, 1.807) is 0 Å². The molecular formula is C28H30FN5O. The number of amidine groups is 1. The van der Waals surface area contributed by atoms with Crippen molar-refractivity contribution in [3.63, 3.8) is 0 Å². The zero-order chi connectivity index (χ0) is 24.6. The lowest BCUT2D eigenvalue weighted by molar-refractivity contribution is 0.0931. The molecule has 3 aromatic carbocycles. The first-order valence-electron chi connectivity index (χ1n) is 11.9. The van der Waals surface area contributed by atoms with E-state index in [0.29, 0.717) is 24.9 Å². The molecule has 7 heteroatoms. The largest absolute Gasteiger partial charge is 0.372 e. The summed E-state index contributed by atoms with van der Waals surface area (Å²) in [6, 6.07) is 25.2. The van der Waals surface area contributed by atoms with Gasteiger partial charge in [0.2, 0.25) is 0 Å². The zero-order valence-electron chi connectivity index (χ0n) is 19.8. The van der Waals surface area contributed by atoms with Crippen LogP contribution in [0.4, 0.5) is 4.39 Å². The number of aryl methyl sites for hydroxylation is 1. The molecule has 0 spiro atoms. The first-order valence-corrected chi connectivity index (χ1v) is 11.9. The van der Waals surface area contributed by atoms with Gasteiger partial charge in [-0.2, -0.15) is 0 Å². The molecule has 0 aliphatic carbocycles. The number of amides is 1. The number of nitrogens with one attached hydrogen (secondary N) is 3. The molecule has 1 atom stereocenters. The van der Waals surface area contributed by atoms with Crippen LogP contribution in [0.1, 0.15) is 42.0 Å². The molecule has 0 aliphatic heterocycles. The van der Waals surface area contributed by atoms with Crippen LogP contribution in [-0.2, 0) is 6.54 Å². The highest BCUT2D eigenvalue weighted by Crippen LogP contribution is 2.25. The summed E-state index contributed by atoms with van der Waals surface area (Å²) in [5, 5.41) is 13.4. The van der Waals surface area contributed by atoms with Crippen LogP contribution in [0.5, 0.6) is 0 Å². The highest BCUT2D eigenvalue weighted by atomic mass is 19.1. The quantitative estimate of drug-likeness (QED) is 0.162. The standard InChI is InChI=1S/C28H30FN5O/c1-2-34-25-13-7-6-11-23(25)32-27(34)24(12-8-18-31-26(30)19-29)33-28(35)22-16-14-21(15-17-22)20-9-4-3-5-10-20/h3-7,9-11,13-17,24H,2,8,12,18-19H2,1H3,(H2,30,31)(H,33,35). The van der Waals surface area contributed by atoms with Gasteiger partial charge in [-0.3, -0.25) is 10.2 Å². The van der Waals surface area contributed by atoms with Crippen molar-refractivity contribution in [1.29, 1.82) is 5.41 Å². The van der Waals surface area contributed by atoms with Crippen LogP contribution in [-0.4, -0.2) is 34.5 Å². The molecule has 0 saturated carbocycles. The molecule has 1 aromatic heterocycles. The van der Waals surface area contributed by atoms with Crippen LogP contribution in [0, 0.1) is 5.41 Å². The Morgan fingerprint density at radius 3 is 2.40 bits per heavy atom. The third kappa shape index (κ3) is 5.74. The summed E-state index contributed by atoms with van der Waals surface area (Å²) in [4.78, 5) is 18.1. The zero-order valence-corrected chi connectivity index (χ0v) is 19.8. The number of carbonyl (C=O) groups is 1. The molecule has 35 heavy (non-hydrogen) atoms. The van der Waals surface area contributed by atoms with E-state index in [1.165, 1.54) is 0 Å². The SMILES string of the molecule is CCn1c(C(CCCNC(=N)CF)NC(=O)c2ccc(-c3ccccc3)cc2)nc2ccccc21. The van der Waals surface area contributed by atoms with Crippen molar-refractivity contribution in [3.8, 4) is 11.1 Å². The minimum Gasteiger partial charge on any atom is -0.372 e. The molecule has 4 rings (SSSR count). The van der Waals surface area contributed by atoms with Gasteiger partial charge in [-0.1, -0.05) is 54.6 Å². The van der Waals surface area contributed by atoms with E-state index in [1.807, 2.05) is 78.9 Å². The van der Waals surface area contributed by atoms with Gasteiger partial charge >= 0.3 is 0 Å². The Balaban J connectivity index is 1.55.